The van der Waals surface area contributed by atoms with Gasteiger partial charge in [0, 0.05) is 25.6 Å². The molecule has 0 spiro atoms. The van der Waals surface area contributed by atoms with Gasteiger partial charge >= 0.3 is 0 Å². The number of ether oxygens (including phenoxy) is 2. The molecule has 1 aromatic carbocycles. The zero-order valence-corrected chi connectivity index (χ0v) is 15.7. The molecule has 0 radical (unpaired) electrons. The molecule has 134 valence electrons. The summed E-state index contributed by atoms with van der Waals surface area (Å²) in [5.74, 6) is 0.753. The van der Waals surface area contributed by atoms with E-state index in [0.29, 0.717) is 42.0 Å². The molecule has 2 aliphatic heterocycles. The number of likely N-dealkylation sites (tertiary alicyclic amines) is 1. The van der Waals surface area contributed by atoms with Crippen molar-refractivity contribution < 1.29 is 14.3 Å². The van der Waals surface area contributed by atoms with Gasteiger partial charge in [0.25, 0.3) is 0 Å². The van der Waals surface area contributed by atoms with Crippen LogP contribution in [0.5, 0.6) is 5.75 Å². The summed E-state index contributed by atoms with van der Waals surface area (Å²) in [4.78, 5) is 14.4. The molecule has 2 fully saturated rings. The molecule has 0 aromatic heterocycles. The maximum atomic E-state index is 12.6. The smallest absolute Gasteiger partial charge is 0.242 e. The number of nitrogens with one attached hydrogen (secondary N) is 1. The molecule has 3 atom stereocenters. The highest BCUT2D eigenvalue weighted by atomic mass is 35.5. The quantitative estimate of drug-likeness (QED) is 0.855. The summed E-state index contributed by atoms with van der Waals surface area (Å²) in [6, 6.07) is 4.93. The average Bonchev–Trinajstić information content (AvgIpc) is 2.99. The molecule has 0 bridgehead atoms. The van der Waals surface area contributed by atoms with E-state index in [4.69, 9.17) is 32.7 Å². The van der Waals surface area contributed by atoms with E-state index in [0.717, 1.165) is 6.42 Å². The van der Waals surface area contributed by atoms with Crippen LogP contribution in [0.2, 0.25) is 10.0 Å². The molecular formula is C16H21Cl3N2O3. The maximum absolute atomic E-state index is 12.6. The lowest BCUT2D eigenvalue weighted by Gasteiger charge is -2.32. The summed E-state index contributed by atoms with van der Waals surface area (Å²) in [6.07, 6.45) is 0.663. The highest BCUT2D eigenvalue weighted by molar-refractivity contribution is 6.42. The molecule has 1 unspecified atom stereocenters. The average molecular weight is 396 g/mol. The largest absolute Gasteiger partial charge is 0.488 e. The molecular weight excluding hydrogens is 375 g/mol. The zero-order valence-electron chi connectivity index (χ0n) is 13.3. The molecule has 5 nitrogen and oxygen atoms in total. The number of hydrogen-bond donors (Lipinski definition) is 1. The summed E-state index contributed by atoms with van der Waals surface area (Å²) in [5, 5.41) is 4.20. The Hall–Kier alpha value is -0.720. The van der Waals surface area contributed by atoms with Gasteiger partial charge in [-0.05, 0) is 19.1 Å². The Labute approximate surface area is 158 Å². The van der Waals surface area contributed by atoms with E-state index in [9.17, 15) is 4.79 Å². The van der Waals surface area contributed by atoms with Crippen LogP contribution in [0.3, 0.4) is 0 Å². The third kappa shape index (κ3) is 4.46. The second-order valence-corrected chi connectivity index (χ2v) is 6.71. The molecule has 0 saturated carbocycles. The highest BCUT2D eigenvalue weighted by Crippen LogP contribution is 2.28. The van der Waals surface area contributed by atoms with Crippen molar-refractivity contribution in [2.75, 3.05) is 26.2 Å². The number of halogens is 3. The monoisotopic (exact) mass is 394 g/mol. The molecule has 3 rings (SSSR count). The highest BCUT2D eigenvalue weighted by Gasteiger charge is 2.35. The minimum atomic E-state index is -0.271. The lowest BCUT2D eigenvalue weighted by molar-refractivity contribution is -0.138. The molecule has 1 amide bonds. The lowest BCUT2D eigenvalue weighted by atomic mass is 10.1. The van der Waals surface area contributed by atoms with Crippen molar-refractivity contribution in [1.82, 2.24) is 10.2 Å². The summed E-state index contributed by atoms with van der Waals surface area (Å²) >= 11 is 11.9. The molecule has 2 aliphatic rings. The first-order valence-corrected chi connectivity index (χ1v) is 8.55. The number of amides is 1. The number of rotatable bonds is 3. The van der Waals surface area contributed by atoms with Crippen LogP contribution in [-0.4, -0.2) is 55.3 Å². The fourth-order valence-electron chi connectivity index (χ4n) is 2.97. The van der Waals surface area contributed by atoms with Gasteiger partial charge in [-0.25, -0.2) is 0 Å². The van der Waals surface area contributed by atoms with Crippen molar-refractivity contribution in [3.63, 3.8) is 0 Å². The van der Waals surface area contributed by atoms with E-state index in [1.165, 1.54) is 0 Å². The molecule has 1 N–H and O–H groups in total. The Balaban J connectivity index is 0.00000208. The Morgan fingerprint density at radius 1 is 1.38 bits per heavy atom. The minimum absolute atomic E-state index is 0. The van der Waals surface area contributed by atoms with E-state index in [1.807, 2.05) is 11.8 Å². The first kappa shape index (κ1) is 19.6. The van der Waals surface area contributed by atoms with Gasteiger partial charge in [-0.3, -0.25) is 4.79 Å². The van der Waals surface area contributed by atoms with Crippen LogP contribution in [0.4, 0.5) is 0 Å². The second-order valence-electron chi connectivity index (χ2n) is 5.90. The van der Waals surface area contributed by atoms with Crippen LogP contribution >= 0.6 is 35.6 Å². The molecule has 1 aromatic rings. The van der Waals surface area contributed by atoms with Crippen molar-refractivity contribution in [3.05, 3.63) is 28.2 Å². The molecule has 2 saturated heterocycles. The van der Waals surface area contributed by atoms with E-state index >= 15 is 0 Å². The van der Waals surface area contributed by atoms with Gasteiger partial charge in [-0.2, -0.15) is 0 Å². The van der Waals surface area contributed by atoms with Gasteiger partial charge in [0.15, 0.2) is 0 Å². The van der Waals surface area contributed by atoms with Gasteiger partial charge in [0.2, 0.25) is 5.91 Å². The second kappa shape index (κ2) is 8.59. The SMILES string of the molecule is C[C@H]1OCCN[C@@H]1C(=O)N1CCC(Oc2ccc(Cl)c(Cl)c2)C1.Cl. The topological polar surface area (TPSA) is 50.8 Å². The van der Waals surface area contributed by atoms with Crippen molar-refractivity contribution in [3.8, 4) is 5.75 Å². The predicted molar refractivity (Wildman–Crippen MR) is 96.5 cm³/mol. The first-order chi connectivity index (χ1) is 11.0. The van der Waals surface area contributed by atoms with Gasteiger partial charge in [0.1, 0.15) is 17.9 Å². The zero-order chi connectivity index (χ0) is 16.4. The van der Waals surface area contributed by atoms with E-state index in [-0.39, 0.29) is 36.6 Å². The number of nitrogens with zero attached hydrogens (tertiary/aromatic N) is 1. The Morgan fingerprint density at radius 3 is 2.88 bits per heavy atom. The summed E-state index contributed by atoms with van der Waals surface area (Å²) in [6.45, 7) is 4.54. The predicted octanol–water partition coefficient (Wildman–Crippen LogP) is 2.77. The number of morpholine rings is 1. The van der Waals surface area contributed by atoms with Crippen molar-refractivity contribution in [1.29, 1.82) is 0 Å². The Bertz CT molecular complexity index is 588. The van der Waals surface area contributed by atoms with Crippen LogP contribution < -0.4 is 10.1 Å². The van der Waals surface area contributed by atoms with Crippen LogP contribution in [0.1, 0.15) is 13.3 Å². The Morgan fingerprint density at radius 2 is 2.17 bits per heavy atom. The maximum Gasteiger partial charge on any atom is 0.242 e. The van der Waals surface area contributed by atoms with Crippen LogP contribution in [0, 0.1) is 0 Å². The fourth-order valence-corrected chi connectivity index (χ4v) is 3.26. The molecule has 2 heterocycles. The van der Waals surface area contributed by atoms with Crippen molar-refractivity contribution >= 4 is 41.5 Å². The number of carbonyl (C=O) groups is 1. The van der Waals surface area contributed by atoms with Gasteiger partial charge in [-0.15, -0.1) is 12.4 Å². The van der Waals surface area contributed by atoms with Crippen molar-refractivity contribution in [2.45, 2.75) is 31.6 Å². The number of carbonyl (C=O) groups excluding carboxylic acids is 1. The van der Waals surface area contributed by atoms with Crippen LogP contribution in [0.25, 0.3) is 0 Å². The lowest BCUT2D eigenvalue weighted by Crippen LogP contribution is -2.56. The third-order valence-corrected chi connectivity index (χ3v) is 4.97. The third-order valence-electron chi connectivity index (χ3n) is 4.23. The normalized spacial score (nSPS) is 26.8. The summed E-state index contributed by atoms with van der Waals surface area (Å²) in [7, 11) is 0. The number of hydrogen-bond acceptors (Lipinski definition) is 4. The van der Waals surface area contributed by atoms with Crippen LogP contribution in [0.15, 0.2) is 18.2 Å². The van der Waals surface area contributed by atoms with Crippen LogP contribution in [-0.2, 0) is 9.53 Å². The van der Waals surface area contributed by atoms with Gasteiger partial charge in [0.05, 0.1) is 29.3 Å². The van der Waals surface area contributed by atoms with E-state index in [1.54, 1.807) is 18.2 Å². The fraction of sp³-hybridized carbons (Fsp3) is 0.562. The molecule has 0 aliphatic carbocycles. The van der Waals surface area contributed by atoms with Crippen molar-refractivity contribution in [2.24, 2.45) is 0 Å². The molecule has 24 heavy (non-hydrogen) atoms. The summed E-state index contributed by atoms with van der Waals surface area (Å²) < 4.78 is 11.5. The van der Waals surface area contributed by atoms with E-state index < -0.39 is 0 Å². The standard InChI is InChI=1S/C16H20Cl2N2O3.ClH/c1-10-15(19-5-7-22-10)16(21)20-6-4-12(9-20)23-11-2-3-13(17)14(18)8-11;/h2-3,8,10,12,15,19H,4-7,9H2,1H3;1H/t10-,12?,15+;/m1./s1. The minimum Gasteiger partial charge on any atom is -0.488 e. The first-order valence-electron chi connectivity index (χ1n) is 7.80. The number of benzene rings is 1. The van der Waals surface area contributed by atoms with Gasteiger partial charge < -0.3 is 19.7 Å². The van der Waals surface area contributed by atoms with E-state index in [2.05, 4.69) is 5.32 Å². The Kier molecular flexibility index (Phi) is 7.01. The molecule has 8 heteroatoms. The van der Waals surface area contributed by atoms with Gasteiger partial charge in [-0.1, -0.05) is 23.2 Å². The summed E-state index contributed by atoms with van der Waals surface area (Å²) in [5.41, 5.74) is 0.